The van der Waals surface area contributed by atoms with E-state index in [9.17, 15) is 23.8 Å². The highest BCUT2D eigenvalue weighted by Gasteiger charge is 2.28. The van der Waals surface area contributed by atoms with Crippen LogP contribution in [0.5, 0.6) is 0 Å². The van der Waals surface area contributed by atoms with Gasteiger partial charge in [-0.2, -0.15) is 0 Å². The first kappa shape index (κ1) is 52.7. The molecule has 55 heavy (non-hydrogen) atoms. The molecule has 320 valence electrons. The van der Waals surface area contributed by atoms with Crippen molar-refractivity contribution < 1.29 is 47.5 Å². The van der Waals surface area contributed by atoms with E-state index in [1.54, 1.807) is 0 Å². The van der Waals surface area contributed by atoms with Gasteiger partial charge in [-0.15, -0.1) is 0 Å². The van der Waals surface area contributed by atoms with Crippen LogP contribution in [0.15, 0.2) is 36.5 Å². The van der Waals surface area contributed by atoms with E-state index < -0.39 is 51.1 Å². The van der Waals surface area contributed by atoms with Gasteiger partial charge in [0.15, 0.2) is 6.10 Å². The number of carboxylic acids is 1. The van der Waals surface area contributed by atoms with E-state index in [-0.39, 0.29) is 19.4 Å². The topological polar surface area (TPSA) is 172 Å². The largest absolute Gasteiger partial charge is 0.480 e. The molecule has 12 heteroatoms. The minimum absolute atomic E-state index is 0.143. The highest BCUT2D eigenvalue weighted by molar-refractivity contribution is 7.47. The Balaban J connectivity index is 4.37. The maximum absolute atomic E-state index is 12.6. The molecule has 0 aromatic carbocycles. The summed E-state index contributed by atoms with van der Waals surface area (Å²) in [4.78, 5) is 45.9. The predicted octanol–water partition coefficient (Wildman–Crippen LogP) is 11.2. The summed E-state index contributed by atoms with van der Waals surface area (Å²) in [5.41, 5.74) is 5.33. The quantitative estimate of drug-likeness (QED) is 0.0233. The van der Waals surface area contributed by atoms with Crippen LogP contribution in [0.25, 0.3) is 0 Å². The molecule has 0 saturated heterocycles. The molecule has 0 rings (SSSR count). The summed E-state index contributed by atoms with van der Waals surface area (Å²) in [6, 6.07) is -1.52. The molecule has 3 unspecified atom stereocenters. The molecule has 0 saturated carbocycles. The van der Waals surface area contributed by atoms with Crippen molar-refractivity contribution in [1.82, 2.24) is 0 Å². The first-order valence-electron chi connectivity index (χ1n) is 21.5. The Morgan fingerprint density at radius 3 is 1.53 bits per heavy atom. The second kappa shape index (κ2) is 38.6. The lowest BCUT2D eigenvalue weighted by atomic mass is 10.0. The van der Waals surface area contributed by atoms with E-state index in [1.807, 2.05) is 0 Å². The summed E-state index contributed by atoms with van der Waals surface area (Å²) in [6.45, 7) is 2.68. The Hall–Kier alpha value is -2.30. The molecular formula is C43H78NO10P. The predicted molar refractivity (Wildman–Crippen MR) is 222 cm³/mol. The van der Waals surface area contributed by atoms with Crippen molar-refractivity contribution in [3.05, 3.63) is 36.5 Å². The van der Waals surface area contributed by atoms with E-state index in [0.29, 0.717) is 12.8 Å². The van der Waals surface area contributed by atoms with Crippen molar-refractivity contribution in [2.45, 2.75) is 199 Å². The van der Waals surface area contributed by atoms with Crippen LogP contribution < -0.4 is 5.73 Å². The van der Waals surface area contributed by atoms with Crippen LogP contribution in [-0.4, -0.2) is 59.9 Å². The Morgan fingerprint density at radius 2 is 1.02 bits per heavy atom. The van der Waals surface area contributed by atoms with Crippen LogP contribution in [0.3, 0.4) is 0 Å². The summed E-state index contributed by atoms with van der Waals surface area (Å²) >= 11 is 0. The molecule has 3 atom stereocenters. The van der Waals surface area contributed by atoms with Gasteiger partial charge in [0.1, 0.15) is 12.6 Å². The molecular weight excluding hydrogens is 721 g/mol. The smallest absolute Gasteiger partial charge is 0.472 e. The summed E-state index contributed by atoms with van der Waals surface area (Å²) in [6.07, 6.45) is 40.6. The summed E-state index contributed by atoms with van der Waals surface area (Å²) in [5, 5.41) is 8.88. The van der Waals surface area contributed by atoms with Crippen molar-refractivity contribution in [3.63, 3.8) is 0 Å². The lowest BCUT2D eigenvalue weighted by molar-refractivity contribution is -0.161. The van der Waals surface area contributed by atoms with Crippen molar-refractivity contribution >= 4 is 25.7 Å². The zero-order valence-electron chi connectivity index (χ0n) is 34.5. The van der Waals surface area contributed by atoms with Crippen molar-refractivity contribution in [2.24, 2.45) is 5.73 Å². The second-order valence-electron chi connectivity index (χ2n) is 14.5. The van der Waals surface area contributed by atoms with E-state index in [0.717, 1.165) is 70.6 Å². The van der Waals surface area contributed by atoms with Crippen LogP contribution in [0.2, 0.25) is 0 Å². The van der Waals surface area contributed by atoms with Crippen LogP contribution >= 0.6 is 7.82 Å². The number of carbonyl (C=O) groups excluding carboxylic acids is 2. The zero-order chi connectivity index (χ0) is 40.7. The lowest BCUT2D eigenvalue weighted by Gasteiger charge is -2.20. The fraction of sp³-hybridized carbons (Fsp3) is 0.791. The van der Waals surface area contributed by atoms with E-state index in [4.69, 9.17) is 24.8 Å². The van der Waals surface area contributed by atoms with Crippen LogP contribution in [0.4, 0.5) is 0 Å². The lowest BCUT2D eigenvalue weighted by Crippen LogP contribution is -2.34. The highest BCUT2D eigenvalue weighted by Crippen LogP contribution is 2.43. The molecule has 4 N–H and O–H groups in total. The van der Waals surface area contributed by atoms with Gasteiger partial charge in [-0.3, -0.25) is 23.4 Å². The molecule has 0 aliphatic heterocycles. The fourth-order valence-electron chi connectivity index (χ4n) is 5.79. The Bertz CT molecular complexity index is 1080. The minimum Gasteiger partial charge on any atom is -0.480 e. The Morgan fingerprint density at radius 1 is 0.582 bits per heavy atom. The number of phosphoric ester groups is 1. The number of unbranched alkanes of at least 4 members (excludes halogenated alkanes) is 20. The van der Waals surface area contributed by atoms with Crippen LogP contribution in [0, 0.1) is 0 Å². The number of phosphoric acid groups is 1. The molecule has 0 aromatic heterocycles. The Labute approximate surface area is 333 Å². The number of carbonyl (C=O) groups is 3. The summed E-state index contributed by atoms with van der Waals surface area (Å²) in [5.74, 6) is -2.40. The molecule has 0 spiro atoms. The van der Waals surface area contributed by atoms with E-state index in [1.165, 1.54) is 77.0 Å². The average Bonchev–Trinajstić information content (AvgIpc) is 3.16. The number of hydrogen-bond donors (Lipinski definition) is 3. The fourth-order valence-corrected chi connectivity index (χ4v) is 6.56. The summed E-state index contributed by atoms with van der Waals surface area (Å²) in [7, 11) is -4.72. The molecule has 0 aliphatic carbocycles. The molecule has 0 amide bonds. The monoisotopic (exact) mass is 800 g/mol. The molecule has 0 aliphatic rings. The van der Waals surface area contributed by atoms with Gasteiger partial charge in [-0.05, 0) is 44.9 Å². The molecule has 0 aromatic rings. The van der Waals surface area contributed by atoms with Gasteiger partial charge in [0, 0.05) is 12.8 Å². The number of aliphatic carboxylic acids is 1. The second-order valence-corrected chi connectivity index (χ2v) is 15.9. The maximum Gasteiger partial charge on any atom is 0.472 e. The first-order valence-corrected chi connectivity index (χ1v) is 23.0. The molecule has 0 heterocycles. The van der Waals surface area contributed by atoms with Gasteiger partial charge in [0.05, 0.1) is 13.2 Å². The Kier molecular flexibility index (Phi) is 37.0. The molecule has 11 nitrogen and oxygen atoms in total. The number of nitrogens with two attached hydrogens (primary N) is 1. The first-order chi connectivity index (χ1) is 26.6. The number of hydrogen-bond acceptors (Lipinski definition) is 9. The van der Waals surface area contributed by atoms with Gasteiger partial charge < -0.3 is 25.2 Å². The number of carboxylic acid groups (broad SMARTS) is 1. The molecule has 0 radical (unpaired) electrons. The molecule has 0 fully saturated rings. The molecule has 0 bridgehead atoms. The number of allylic oxidation sites excluding steroid dienone is 6. The third-order valence-electron chi connectivity index (χ3n) is 9.15. The zero-order valence-corrected chi connectivity index (χ0v) is 35.4. The SMILES string of the molecule is CC/C=C\C/C=C\C/C=C\CCCCCCCC(=O)OC(COC(=O)CCCCCCCCCCCCCCCCCC)COP(=O)(O)OCC(N)C(=O)O. The average molecular weight is 800 g/mol. The summed E-state index contributed by atoms with van der Waals surface area (Å²) < 4.78 is 32.7. The van der Waals surface area contributed by atoms with Crippen LogP contribution in [-0.2, 0) is 37.5 Å². The number of rotatable bonds is 40. The number of esters is 2. The van der Waals surface area contributed by atoms with Crippen molar-refractivity contribution in [1.29, 1.82) is 0 Å². The minimum atomic E-state index is -4.72. The van der Waals surface area contributed by atoms with Crippen LogP contribution in [0.1, 0.15) is 187 Å². The van der Waals surface area contributed by atoms with Crippen molar-refractivity contribution in [2.75, 3.05) is 19.8 Å². The van der Waals surface area contributed by atoms with E-state index >= 15 is 0 Å². The van der Waals surface area contributed by atoms with Crippen molar-refractivity contribution in [3.8, 4) is 0 Å². The standard InChI is InChI=1S/C43H78NO10P/c1-3-5-7-9-11-13-15-17-19-21-22-24-26-28-30-32-34-41(45)51-36-39(37-52-55(49,50)53-38-40(44)43(47)48)54-42(46)35-33-31-29-27-25-23-20-18-16-14-12-10-8-6-4-2/h6,8,12,14,18,20,39-40H,3-5,7,9-11,13,15-17,19,21-38,44H2,1-2H3,(H,47,48)(H,49,50)/b8-6-,14-12-,20-18-. The van der Waals surface area contributed by atoms with Gasteiger partial charge in [0.25, 0.3) is 0 Å². The third kappa shape index (κ3) is 38.4. The maximum atomic E-state index is 12.6. The highest BCUT2D eigenvalue weighted by atomic mass is 31.2. The van der Waals surface area contributed by atoms with Gasteiger partial charge in [-0.1, -0.05) is 166 Å². The van der Waals surface area contributed by atoms with Gasteiger partial charge >= 0.3 is 25.7 Å². The normalized spacial score (nSPS) is 14.1. The van der Waals surface area contributed by atoms with E-state index in [2.05, 4.69) is 54.8 Å². The number of ether oxygens (including phenoxy) is 2. The third-order valence-corrected chi connectivity index (χ3v) is 10.1. The van der Waals surface area contributed by atoms with Gasteiger partial charge in [-0.25, -0.2) is 4.57 Å². The van der Waals surface area contributed by atoms with Gasteiger partial charge in [0.2, 0.25) is 0 Å².